The molecule has 1 rings (SSSR count). The number of rotatable bonds is 5. The van der Waals surface area contributed by atoms with Gasteiger partial charge in [-0.2, -0.15) is 0 Å². The summed E-state index contributed by atoms with van der Waals surface area (Å²) in [5, 5.41) is 9.57. The molecule has 82 valence electrons. The first-order chi connectivity index (χ1) is 6.53. The summed E-state index contributed by atoms with van der Waals surface area (Å²) in [6.07, 6.45) is 4.22. The fourth-order valence-corrected chi connectivity index (χ4v) is 3.75. The van der Waals surface area contributed by atoms with E-state index in [0.29, 0.717) is 25.0 Å². The number of aliphatic hydroxyl groups is 1. The lowest BCUT2D eigenvalue weighted by molar-refractivity contribution is 0.138. The Kier molecular flexibility index (Phi) is 4.13. The van der Waals surface area contributed by atoms with E-state index in [-0.39, 0.29) is 17.8 Å². The average molecular weight is 218 g/mol. The van der Waals surface area contributed by atoms with E-state index < -0.39 is 9.84 Å². The molecule has 0 saturated carbocycles. The SMILES string of the molecule is C=CCCC(O)CC1CCS(=O)(=O)C1. The minimum Gasteiger partial charge on any atom is -0.393 e. The monoisotopic (exact) mass is 218 g/mol. The number of hydrogen-bond donors (Lipinski definition) is 1. The standard InChI is InChI=1S/C10H18O3S/c1-2-3-4-10(11)7-9-5-6-14(12,13)8-9/h2,9-11H,1,3-8H2. The third-order valence-electron chi connectivity index (χ3n) is 2.64. The summed E-state index contributed by atoms with van der Waals surface area (Å²) in [4.78, 5) is 0. The van der Waals surface area contributed by atoms with Crippen molar-refractivity contribution >= 4 is 9.84 Å². The van der Waals surface area contributed by atoms with E-state index in [2.05, 4.69) is 6.58 Å². The lowest BCUT2D eigenvalue weighted by atomic mass is 9.98. The third kappa shape index (κ3) is 3.80. The Balaban J connectivity index is 2.28. The molecule has 2 atom stereocenters. The van der Waals surface area contributed by atoms with E-state index in [1.807, 2.05) is 0 Å². The first kappa shape index (κ1) is 11.7. The minimum absolute atomic E-state index is 0.166. The van der Waals surface area contributed by atoms with Crippen LogP contribution in [0, 0.1) is 5.92 Å². The van der Waals surface area contributed by atoms with E-state index in [9.17, 15) is 13.5 Å². The van der Waals surface area contributed by atoms with Crippen molar-refractivity contribution in [3.8, 4) is 0 Å². The molecular formula is C10H18O3S. The molecule has 2 unspecified atom stereocenters. The van der Waals surface area contributed by atoms with Crippen LogP contribution < -0.4 is 0 Å². The lowest BCUT2D eigenvalue weighted by Crippen LogP contribution is -2.14. The molecule has 14 heavy (non-hydrogen) atoms. The van der Waals surface area contributed by atoms with Gasteiger partial charge in [0, 0.05) is 0 Å². The highest BCUT2D eigenvalue weighted by molar-refractivity contribution is 7.91. The molecule has 0 amide bonds. The molecule has 0 radical (unpaired) electrons. The van der Waals surface area contributed by atoms with Crippen molar-refractivity contribution in [3.63, 3.8) is 0 Å². The summed E-state index contributed by atoms with van der Waals surface area (Å²) in [5.41, 5.74) is 0. The fraction of sp³-hybridized carbons (Fsp3) is 0.800. The van der Waals surface area contributed by atoms with Crippen molar-refractivity contribution in [2.45, 2.75) is 31.8 Å². The number of allylic oxidation sites excluding steroid dienone is 1. The molecule has 1 N–H and O–H groups in total. The zero-order valence-corrected chi connectivity index (χ0v) is 9.17. The molecule has 1 saturated heterocycles. The highest BCUT2D eigenvalue weighted by Gasteiger charge is 2.28. The van der Waals surface area contributed by atoms with Crippen LogP contribution in [0.5, 0.6) is 0 Å². The van der Waals surface area contributed by atoms with E-state index in [0.717, 1.165) is 6.42 Å². The van der Waals surface area contributed by atoms with Gasteiger partial charge < -0.3 is 5.11 Å². The van der Waals surface area contributed by atoms with Crippen LogP contribution in [0.3, 0.4) is 0 Å². The van der Waals surface area contributed by atoms with Crippen molar-refractivity contribution in [1.29, 1.82) is 0 Å². The van der Waals surface area contributed by atoms with Crippen molar-refractivity contribution < 1.29 is 13.5 Å². The van der Waals surface area contributed by atoms with Crippen LogP contribution >= 0.6 is 0 Å². The Morgan fingerprint density at radius 2 is 2.29 bits per heavy atom. The molecule has 1 heterocycles. The van der Waals surface area contributed by atoms with Crippen molar-refractivity contribution in [2.24, 2.45) is 5.92 Å². The first-order valence-electron chi connectivity index (χ1n) is 5.03. The maximum Gasteiger partial charge on any atom is 0.150 e. The fourth-order valence-electron chi connectivity index (χ4n) is 1.87. The summed E-state index contributed by atoms with van der Waals surface area (Å²) >= 11 is 0. The molecule has 0 aromatic rings. The van der Waals surface area contributed by atoms with Crippen molar-refractivity contribution in [2.75, 3.05) is 11.5 Å². The maximum atomic E-state index is 11.1. The van der Waals surface area contributed by atoms with Gasteiger partial charge in [0.25, 0.3) is 0 Å². The van der Waals surface area contributed by atoms with Gasteiger partial charge in [-0.3, -0.25) is 0 Å². The highest BCUT2D eigenvalue weighted by atomic mass is 32.2. The summed E-state index contributed by atoms with van der Waals surface area (Å²) in [6.45, 7) is 3.58. The van der Waals surface area contributed by atoms with Gasteiger partial charge in [0.05, 0.1) is 17.6 Å². The smallest absolute Gasteiger partial charge is 0.150 e. The van der Waals surface area contributed by atoms with Crippen LogP contribution in [-0.4, -0.2) is 31.1 Å². The minimum atomic E-state index is -2.79. The normalized spacial score (nSPS) is 27.4. The maximum absolute atomic E-state index is 11.1. The number of hydrogen-bond acceptors (Lipinski definition) is 3. The van der Waals surface area contributed by atoms with Crippen LogP contribution in [0.15, 0.2) is 12.7 Å². The van der Waals surface area contributed by atoms with Crippen molar-refractivity contribution in [3.05, 3.63) is 12.7 Å². The molecule has 0 aromatic carbocycles. The van der Waals surface area contributed by atoms with E-state index in [4.69, 9.17) is 0 Å². The number of sulfone groups is 1. The Labute approximate surface area is 85.7 Å². The van der Waals surface area contributed by atoms with Gasteiger partial charge in [0.2, 0.25) is 0 Å². The average Bonchev–Trinajstić information content (AvgIpc) is 2.42. The van der Waals surface area contributed by atoms with E-state index in [1.165, 1.54) is 0 Å². The van der Waals surface area contributed by atoms with Gasteiger partial charge in [-0.15, -0.1) is 6.58 Å². The molecule has 3 nitrogen and oxygen atoms in total. The largest absolute Gasteiger partial charge is 0.393 e. The van der Waals surface area contributed by atoms with Crippen molar-refractivity contribution in [1.82, 2.24) is 0 Å². The third-order valence-corrected chi connectivity index (χ3v) is 4.47. The second kappa shape index (κ2) is 4.94. The second-order valence-electron chi connectivity index (χ2n) is 4.02. The molecule has 1 fully saturated rings. The molecule has 0 spiro atoms. The predicted molar refractivity (Wildman–Crippen MR) is 56.8 cm³/mol. The number of aliphatic hydroxyl groups excluding tert-OH is 1. The Hall–Kier alpha value is -0.350. The topological polar surface area (TPSA) is 54.4 Å². The van der Waals surface area contributed by atoms with Gasteiger partial charge in [-0.05, 0) is 31.6 Å². The highest BCUT2D eigenvalue weighted by Crippen LogP contribution is 2.24. The van der Waals surface area contributed by atoms with Gasteiger partial charge in [-0.25, -0.2) is 8.42 Å². The van der Waals surface area contributed by atoms with Crippen LogP contribution in [-0.2, 0) is 9.84 Å². The summed E-state index contributed by atoms with van der Waals surface area (Å²) < 4.78 is 22.3. The Bertz CT molecular complexity index is 282. The summed E-state index contributed by atoms with van der Waals surface area (Å²) in [6, 6.07) is 0. The Morgan fingerprint density at radius 1 is 1.57 bits per heavy atom. The predicted octanol–water partition coefficient (Wildman–Crippen LogP) is 1.14. The van der Waals surface area contributed by atoms with Gasteiger partial charge >= 0.3 is 0 Å². The molecular weight excluding hydrogens is 200 g/mol. The van der Waals surface area contributed by atoms with Gasteiger partial charge in [0.1, 0.15) is 0 Å². The molecule has 1 aliphatic heterocycles. The second-order valence-corrected chi connectivity index (χ2v) is 6.25. The first-order valence-corrected chi connectivity index (χ1v) is 6.85. The van der Waals surface area contributed by atoms with Gasteiger partial charge in [-0.1, -0.05) is 6.08 Å². The zero-order chi connectivity index (χ0) is 10.6. The zero-order valence-electron chi connectivity index (χ0n) is 8.35. The summed E-state index contributed by atoms with van der Waals surface area (Å²) in [5.74, 6) is 0.726. The van der Waals surface area contributed by atoms with E-state index in [1.54, 1.807) is 6.08 Å². The van der Waals surface area contributed by atoms with Crippen LogP contribution in [0.4, 0.5) is 0 Å². The molecule has 0 aliphatic carbocycles. The van der Waals surface area contributed by atoms with Crippen LogP contribution in [0.25, 0.3) is 0 Å². The van der Waals surface area contributed by atoms with Crippen LogP contribution in [0.1, 0.15) is 25.7 Å². The molecule has 0 aromatic heterocycles. The molecule has 1 aliphatic rings. The molecule has 4 heteroatoms. The lowest BCUT2D eigenvalue weighted by Gasteiger charge is -2.13. The molecule has 0 bridgehead atoms. The van der Waals surface area contributed by atoms with Gasteiger partial charge in [0.15, 0.2) is 9.84 Å². The quantitative estimate of drug-likeness (QED) is 0.704. The van der Waals surface area contributed by atoms with E-state index >= 15 is 0 Å². The van der Waals surface area contributed by atoms with Crippen LogP contribution in [0.2, 0.25) is 0 Å². The Morgan fingerprint density at radius 3 is 2.79 bits per heavy atom. The summed E-state index contributed by atoms with van der Waals surface area (Å²) in [7, 11) is -2.79.